The highest BCUT2D eigenvalue weighted by Gasteiger charge is 2.17. The quantitative estimate of drug-likeness (QED) is 0.801. The summed E-state index contributed by atoms with van der Waals surface area (Å²) < 4.78 is 5.51. The van der Waals surface area contributed by atoms with Gasteiger partial charge in [0.15, 0.2) is 0 Å². The van der Waals surface area contributed by atoms with Gasteiger partial charge in [0.2, 0.25) is 5.91 Å². The molecule has 0 bridgehead atoms. The number of amides is 1. The number of carbonyl (C=O) groups is 2. The van der Waals surface area contributed by atoms with E-state index in [1.807, 2.05) is 32.0 Å². The van der Waals surface area contributed by atoms with Gasteiger partial charge in [0.1, 0.15) is 11.8 Å². The molecular formula is C15H21NO4. The average molecular weight is 279 g/mol. The molecule has 0 fully saturated rings. The summed E-state index contributed by atoms with van der Waals surface area (Å²) in [6.07, 6.45) is 0.496. The van der Waals surface area contributed by atoms with Gasteiger partial charge in [0.05, 0.1) is 13.0 Å². The lowest BCUT2D eigenvalue weighted by Crippen LogP contribution is -2.40. The monoisotopic (exact) mass is 279 g/mol. The first-order chi connectivity index (χ1) is 9.42. The minimum atomic E-state index is -1.02. The van der Waals surface area contributed by atoms with Gasteiger partial charge >= 0.3 is 5.97 Å². The zero-order valence-electron chi connectivity index (χ0n) is 12.1. The molecule has 20 heavy (non-hydrogen) atoms. The lowest BCUT2D eigenvalue weighted by atomic mass is 10.1. The molecule has 0 heterocycles. The Morgan fingerprint density at radius 3 is 2.35 bits per heavy atom. The molecule has 0 saturated heterocycles. The van der Waals surface area contributed by atoms with E-state index in [9.17, 15) is 9.59 Å². The second kappa shape index (κ2) is 7.53. The van der Waals surface area contributed by atoms with Gasteiger partial charge in [-0.3, -0.25) is 4.79 Å². The van der Waals surface area contributed by atoms with Crippen LogP contribution in [-0.2, 0) is 9.59 Å². The molecule has 1 atom stereocenters. The van der Waals surface area contributed by atoms with Crippen molar-refractivity contribution >= 4 is 11.9 Å². The van der Waals surface area contributed by atoms with Crippen LogP contribution >= 0.6 is 0 Å². The summed E-state index contributed by atoms with van der Waals surface area (Å²) in [5.41, 5.74) is 2.20. The van der Waals surface area contributed by atoms with Gasteiger partial charge < -0.3 is 15.2 Å². The summed E-state index contributed by atoms with van der Waals surface area (Å²) in [6.45, 7) is 5.90. The molecular weight excluding hydrogens is 258 g/mol. The van der Waals surface area contributed by atoms with Gasteiger partial charge in [-0.15, -0.1) is 0 Å². The van der Waals surface area contributed by atoms with Crippen LogP contribution in [-0.4, -0.2) is 29.6 Å². The van der Waals surface area contributed by atoms with Crippen LogP contribution in [0.25, 0.3) is 0 Å². The molecule has 0 unspecified atom stereocenters. The van der Waals surface area contributed by atoms with E-state index in [0.717, 1.165) is 16.9 Å². The molecule has 2 N–H and O–H groups in total. The highest BCUT2D eigenvalue weighted by Crippen LogP contribution is 2.16. The summed E-state index contributed by atoms with van der Waals surface area (Å²) >= 11 is 0. The molecule has 0 aromatic heterocycles. The maximum absolute atomic E-state index is 11.6. The number of aliphatic carboxylic acids is 1. The van der Waals surface area contributed by atoms with Crippen molar-refractivity contribution in [2.24, 2.45) is 0 Å². The average Bonchev–Trinajstić information content (AvgIpc) is 2.34. The third kappa shape index (κ3) is 5.30. The van der Waals surface area contributed by atoms with Crippen molar-refractivity contribution in [3.05, 3.63) is 29.3 Å². The molecule has 5 nitrogen and oxygen atoms in total. The third-order valence-corrected chi connectivity index (χ3v) is 2.83. The number of aryl methyl sites for hydroxylation is 2. The predicted molar refractivity (Wildman–Crippen MR) is 75.9 cm³/mol. The second-order valence-corrected chi connectivity index (χ2v) is 4.79. The van der Waals surface area contributed by atoms with Crippen LogP contribution in [0.15, 0.2) is 18.2 Å². The van der Waals surface area contributed by atoms with Gasteiger partial charge in [-0.2, -0.15) is 0 Å². The fourth-order valence-corrected chi connectivity index (χ4v) is 1.88. The van der Waals surface area contributed by atoms with Crippen LogP contribution in [0.1, 0.15) is 30.9 Å². The van der Waals surface area contributed by atoms with E-state index in [1.54, 1.807) is 6.92 Å². The molecule has 110 valence electrons. The Hall–Kier alpha value is -2.04. The van der Waals surface area contributed by atoms with Crippen LogP contribution in [0, 0.1) is 13.8 Å². The van der Waals surface area contributed by atoms with Gasteiger partial charge in [-0.25, -0.2) is 4.79 Å². The van der Waals surface area contributed by atoms with E-state index in [4.69, 9.17) is 9.84 Å². The number of rotatable bonds is 7. The van der Waals surface area contributed by atoms with Crippen molar-refractivity contribution < 1.29 is 19.4 Å². The first-order valence-corrected chi connectivity index (χ1v) is 6.65. The van der Waals surface area contributed by atoms with Crippen LogP contribution < -0.4 is 10.1 Å². The first-order valence-electron chi connectivity index (χ1n) is 6.65. The molecule has 0 aliphatic heterocycles. The highest BCUT2D eigenvalue weighted by atomic mass is 16.5. The Morgan fingerprint density at radius 2 is 1.85 bits per heavy atom. The van der Waals surface area contributed by atoms with Crippen molar-refractivity contribution in [3.63, 3.8) is 0 Å². The molecule has 0 radical (unpaired) electrons. The van der Waals surface area contributed by atoms with E-state index in [1.165, 1.54) is 0 Å². The SMILES string of the molecule is CC[C@@H](NC(=O)CCOc1cc(C)cc(C)c1)C(=O)O. The molecule has 5 heteroatoms. The van der Waals surface area contributed by atoms with Gasteiger partial charge in [-0.1, -0.05) is 13.0 Å². The normalized spacial score (nSPS) is 11.8. The topological polar surface area (TPSA) is 75.6 Å². The van der Waals surface area contributed by atoms with Gasteiger partial charge in [0.25, 0.3) is 0 Å². The molecule has 0 spiro atoms. The third-order valence-electron chi connectivity index (χ3n) is 2.83. The minimum Gasteiger partial charge on any atom is -0.493 e. The molecule has 1 aromatic carbocycles. The zero-order chi connectivity index (χ0) is 15.1. The number of hydrogen-bond acceptors (Lipinski definition) is 3. The van der Waals surface area contributed by atoms with Crippen molar-refractivity contribution in [2.45, 2.75) is 39.7 Å². The number of hydrogen-bond donors (Lipinski definition) is 2. The Balaban J connectivity index is 2.40. The Morgan fingerprint density at radius 1 is 1.25 bits per heavy atom. The molecule has 0 saturated carbocycles. The summed E-state index contributed by atoms with van der Waals surface area (Å²) in [5.74, 6) is -0.611. The van der Waals surface area contributed by atoms with Crippen molar-refractivity contribution in [2.75, 3.05) is 6.61 Å². The lowest BCUT2D eigenvalue weighted by Gasteiger charge is -2.12. The number of carbonyl (C=O) groups excluding carboxylic acids is 1. The molecule has 1 amide bonds. The second-order valence-electron chi connectivity index (χ2n) is 4.79. The van der Waals surface area contributed by atoms with E-state index in [0.29, 0.717) is 6.42 Å². The number of benzene rings is 1. The van der Waals surface area contributed by atoms with E-state index in [2.05, 4.69) is 5.32 Å². The number of carboxylic acids is 1. The number of ether oxygens (including phenoxy) is 1. The summed E-state index contributed by atoms with van der Waals surface area (Å²) in [7, 11) is 0. The molecule has 0 aliphatic carbocycles. The summed E-state index contributed by atoms with van der Waals surface area (Å²) in [5, 5.41) is 11.3. The van der Waals surface area contributed by atoms with E-state index >= 15 is 0 Å². The Bertz CT molecular complexity index is 465. The lowest BCUT2D eigenvalue weighted by molar-refractivity contribution is -0.142. The van der Waals surface area contributed by atoms with Crippen molar-refractivity contribution in [1.29, 1.82) is 0 Å². The van der Waals surface area contributed by atoms with Crippen LogP contribution in [0.4, 0.5) is 0 Å². The largest absolute Gasteiger partial charge is 0.493 e. The molecule has 0 aliphatic rings. The maximum Gasteiger partial charge on any atom is 0.326 e. The standard InChI is InChI=1S/C15H21NO4/c1-4-13(15(18)19)16-14(17)5-6-20-12-8-10(2)7-11(3)9-12/h7-9,13H,4-6H2,1-3H3,(H,16,17)(H,18,19)/t13-/m1/s1. The Kier molecular flexibility index (Phi) is 6.03. The van der Waals surface area contributed by atoms with Crippen molar-refractivity contribution in [3.8, 4) is 5.75 Å². The van der Waals surface area contributed by atoms with Crippen LogP contribution in [0.5, 0.6) is 5.75 Å². The van der Waals surface area contributed by atoms with Gasteiger partial charge in [0, 0.05) is 0 Å². The number of carboxylic acid groups (broad SMARTS) is 1. The van der Waals surface area contributed by atoms with Crippen molar-refractivity contribution in [1.82, 2.24) is 5.32 Å². The zero-order valence-corrected chi connectivity index (χ0v) is 12.1. The fraction of sp³-hybridized carbons (Fsp3) is 0.467. The number of nitrogens with one attached hydrogen (secondary N) is 1. The van der Waals surface area contributed by atoms with E-state index in [-0.39, 0.29) is 18.9 Å². The minimum absolute atomic E-state index is 0.136. The smallest absolute Gasteiger partial charge is 0.326 e. The fourth-order valence-electron chi connectivity index (χ4n) is 1.88. The van der Waals surface area contributed by atoms with E-state index < -0.39 is 12.0 Å². The Labute approximate surface area is 118 Å². The first kappa shape index (κ1) is 16.0. The van der Waals surface area contributed by atoms with Crippen LogP contribution in [0.2, 0.25) is 0 Å². The maximum atomic E-state index is 11.6. The summed E-state index contributed by atoms with van der Waals surface area (Å²) in [4.78, 5) is 22.4. The van der Waals surface area contributed by atoms with Gasteiger partial charge in [-0.05, 0) is 43.5 Å². The highest BCUT2D eigenvalue weighted by molar-refractivity contribution is 5.83. The predicted octanol–water partition coefficient (Wildman–Crippen LogP) is 2.05. The molecule has 1 aromatic rings. The van der Waals surface area contributed by atoms with Crippen LogP contribution in [0.3, 0.4) is 0 Å². The summed E-state index contributed by atoms with van der Waals surface area (Å²) in [6, 6.07) is 5.01. The molecule has 1 rings (SSSR count).